The number of ether oxygens (including phenoxy) is 1. The van der Waals surface area contributed by atoms with Crippen LogP contribution in [0.4, 0.5) is 0 Å². The van der Waals surface area contributed by atoms with Crippen LogP contribution >= 0.6 is 24.0 Å². The van der Waals surface area contributed by atoms with Gasteiger partial charge in [-0.15, -0.1) is 24.0 Å². The molecule has 1 saturated heterocycles. The third-order valence-corrected chi connectivity index (χ3v) is 4.06. The molecule has 1 aliphatic rings. The van der Waals surface area contributed by atoms with Crippen LogP contribution in [0.15, 0.2) is 23.3 Å². The molecule has 1 N–H and O–H groups in total. The lowest BCUT2D eigenvalue weighted by Gasteiger charge is -2.22. The van der Waals surface area contributed by atoms with E-state index in [9.17, 15) is 0 Å². The summed E-state index contributed by atoms with van der Waals surface area (Å²) in [7, 11) is 3.49. The molecule has 23 heavy (non-hydrogen) atoms. The minimum Gasteiger partial charge on any atom is -0.481 e. The smallest absolute Gasteiger partial charge is 0.213 e. The number of likely N-dealkylation sites (tertiary alicyclic amines) is 1. The first-order valence-corrected chi connectivity index (χ1v) is 8.07. The highest BCUT2D eigenvalue weighted by Crippen LogP contribution is 2.23. The molecule has 1 aromatic heterocycles. The van der Waals surface area contributed by atoms with Crippen molar-refractivity contribution in [2.75, 3.05) is 27.2 Å². The van der Waals surface area contributed by atoms with Crippen LogP contribution in [-0.4, -0.2) is 43.1 Å². The second kappa shape index (κ2) is 9.95. The number of aliphatic imine (C=N–C) groups is 1. The van der Waals surface area contributed by atoms with Gasteiger partial charge in [-0.1, -0.05) is 13.8 Å². The molecule has 1 fully saturated rings. The van der Waals surface area contributed by atoms with Crippen molar-refractivity contribution in [3.05, 3.63) is 23.9 Å². The maximum Gasteiger partial charge on any atom is 0.213 e. The number of hydrogen-bond donors (Lipinski definition) is 1. The highest BCUT2D eigenvalue weighted by atomic mass is 127. The summed E-state index contributed by atoms with van der Waals surface area (Å²) in [6.45, 7) is 7.53. The molecule has 1 aromatic rings. The molecule has 2 rings (SSSR count). The molecule has 0 spiro atoms. The molecule has 0 radical (unpaired) electrons. The molecule has 1 aliphatic heterocycles. The van der Waals surface area contributed by atoms with E-state index in [1.54, 1.807) is 13.3 Å². The number of pyridine rings is 1. The van der Waals surface area contributed by atoms with Crippen molar-refractivity contribution in [3.63, 3.8) is 0 Å². The highest BCUT2D eigenvalue weighted by molar-refractivity contribution is 14.0. The van der Waals surface area contributed by atoms with Crippen molar-refractivity contribution < 1.29 is 4.74 Å². The molecule has 0 amide bonds. The zero-order valence-corrected chi connectivity index (χ0v) is 16.9. The third-order valence-electron chi connectivity index (χ3n) is 4.06. The fourth-order valence-electron chi connectivity index (χ4n) is 3.07. The fraction of sp³-hybridized carbons (Fsp3) is 0.647. The first-order valence-electron chi connectivity index (χ1n) is 8.07. The second-order valence-corrected chi connectivity index (χ2v) is 6.34. The van der Waals surface area contributed by atoms with Crippen LogP contribution in [0.25, 0.3) is 0 Å². The predicted octanol–water partition coefficient (Wildman–Crippen LogP) is 3.15. The Hall–Kier alpha value is -1.05. The monoisotopic (exact) mass is 432 g/mol. The molecule has 0 saturated carbocycles. The van der Waals surface area contributed by atoms with Crippen molar-refractivity contribution in [2.45, 2.75) is 33.2 Å². The van der Waals surface area contributed by atoms with Gasteiger partial charge in [0.25, 0.3) is 0 Å². The van der Waals surface area contributed by atoms with Gasteiger partial charge < -0.3 is 15.0 Å². The molecule has 0 bridgehead atoms. The summed E-state index contributed by atoms with van der Waals surface area (Å²) >= 11 is 0. The highest BCUT2D eigenvalue weighted by Gasteiger charge is 2.25. The first kappa shape index (κ1) is 20.0. The summed E-state index contributed by atoms with van der Waals surface area (Å²) < 4.78 is 5.16. The normalized spacial score (nSPS) is 18.0. The van der Waals surface area contributed by atoms with E-state index >= 15 is 0 Å². The number of nitrogens with one attached hydrogen (secondary N) is 1. The summed E-state index contributed by atoms with van der Waals surface area (Å²) in [5.74, 6) is 3.19. The second-order valence-electron chi connectivity index (χ2n) is 6.34. The van der Waals surface area contributed by atoms with Crippen LogP contribution in [0.3, 0.4) is 0 Å². The zero-order chi connectivity index (χ0) is 15.9. The third kappa shape index (κ3) is 6.16. The Morgan fingerprint density at radius 2 is 2.30 bits per heavy atom. The van der Waals surface area contributed by atoms with E-state index < -0.39 is 0 Å². The van der Waals surface area contributed by atoms with Gasteiger partial charge in [0.05, 0.1) is 7.11 Å². The van der Waals surface area contributed by atoms with Crippen LogP contribution in [0.5, 0.6) is 5.88 Å². The van der Waals surface area contributed by atoms with Crippen LogP contribution in [0.2, 0.25) is 0 Å². The Bertz CT molecular complexity index is 507. The van der Waals surface area contributed by atoms with Crippen LogP contribution in [0.1, 0.15) is 32.3 Å². The lowest BCUT2D eigenvalue weighted by molar-refractivity contribution is 0.396. The van der Waals surface area contributed by atoms with Crippen LogP contribution < -0.4 is 10.1 Å². The Kier molecular flexibility index (Phi) is 8.65. The fourth-order valence-corrected chi connectivity index (χ4v) is 3.07. The number of rotatable bonds is 5. The summed E-state index contributed by atoms with van der Waals surface area (Å²) in [5, 5.41) is 3.45. The molecule has 2 heterocycles. The average Bonchev–Trinajstić information content (AvgIpc) is 2.95. The molecular formula is C17H29IN4O. The van der Waals surface area contributed by atoms with Gasteiger partial charge in [-0.05, 0) is 36.3 Å². The SMILES string of the molecule is CN=C(NCc1ccnc(OC)c1)N1CCC(CC(C)C)C1.I. The van der Waals surface area contributed by atoms with Crippen molar-refractivity contribution >= 4 is 29.9 Å². The molecule has 5 nitrogen and oxygen atoms in total. The van der Waals surface area contributed by atoms with Gasteiger partial charge in [-0.3, -0.25) is 4.99 Å². The Balaban J connectivity index is 0.00000264. The molecule has 1 atom stereocenters. The van der Waals surface area contributed by atoms with Crippen molar-refractivity contribution in [1.82, 2.24) is 15.2 Å². The van der Waals surface area contributed by atoms with Gasteiger partial charge in [0.2, 0.25) is 5.88 Å². The number of hydrogen-bond acceptors (Lipinski definition) is 3. The van der Waals surface area contributed by atoms with Gasteiger partial charge in [0.15, 0.2) is 5.96 Å². The van der Waals surface area contributed by atoms with Crippen LogP contribution in [0, 0.1) is 11.8 Å². The van der Waals surface area contributed by atoms with E-state index in [2.05, 4.69) is 34.0 Å². The van der Waals surface area contributed by atoms with Crippen molar-refractivity contribution in [1.29, 1.82) is 0 Å². The lowest BCUT2D eigenvalue weighted by Crippen LogP contribution is -2.39. The van der Waals surface area contributed by atoms with Crippen molar-refractivity contribution in [3.8, 4) is 5.88 Å². The van der Waals surface area contributed by atoms with E-state index in [1.165, 1.54) is 12.8 Å². The van der Waals surface area contributed by atoms with E-state index in [0.29, 0.717) is 5.88 Å². The molecular weight excluding hydrogens is 403 g/mol. The minimum absolute atomic E-state index is 0. The standard InChI is InChI=1S/C17H28N4O.HI/c1-13(2)9-15-6-8-21(12-15)17(18-3)20-11-14-5-7-19-16(10-14)22-4;/h5,7,10,13,15H,6,8-9,11-12H2,1-4H3,(H,18,20);1H. The molecule has 0 aliphatic carbocycles. The number of nitrogens with zero attached hydrogens (tertiary/aromatic N) is 3. The molecule has 130 valence electrons. The van der Waals surface area contributed by atoms with E-state index in [0.717, 1.165) is 43.0 Å². The predicted molar refractivity (Wildman–Crippen MR) is 106 cm³/mol. The van der Waals surface area contributed by atoms with E-state index in [-0.39, 0.29) is 24.0 Å². The Morgan fingerprint density at radius 1 is 1.52 bits per heavy atom. The maximum atomic E-state index is 5.16. The minimum atomic E-state index is 0. The lowest BCUT2D eigenvalue weighted by atomic mass is 9.97. The summed E-state index contributed by atoms with van der Waals surface area (Å²) in [5.41, 5.74) is 1.14. The van der Waals surface area contributed by atoms with Crippen molar-refractivity contribution in [2.24, 2.45) is 16.8 Å². The number of guanidine groups is 1. The van der Waals surface area contributed by atoms with Gasteiger partial charge >= 0.3 is 0 Å². The summed E-state index contributed by atoms with van der Waals surface area (Å²) in [6.07, 6.45) is 4.34. The van der Waals surface area contributed by atoms with Gasteiger partial charge in [0.1, 0.15) is 0 Å². The van der Waals surface area contributed by atoms with Gasteiger partial charge in [-0.25, -0.2) is 4.98 Å². The quantitative estimate of drug-likeness (QED) is 0.441. The largest absolute Gasteiger partial charge is 0.481 e. The zero-order valence-electron chi connectivity index (χ0n) is 14.6. The molecule has 1 unspecified atom stereocenters. The average molecular weight is 432 g/mol. The number of aromatic nitrogens is 1. The maximum absolute atomic E-state index is 5.16. The Morgan fingerprint density at radius 3 is 2.96 bits per heavy atom. The van der Waals surface area contributed by atoms with Gasteiger partial charge in [0, 0.05) is 38.9 Å². The number of methoxy groups -OCH3 is 1. The van der Waals surface area contributed by atoms with Gasteiger partial charge in [-0.2, -0.15) is 0 Å². The molecule has 6 heteroatoms. The van der Waals surface area contributed by atoms with E-state index in [4.69, 9.17) is 4.74 Å². The van der Waals surface area contributed by atoms with Crippen LogP contribution in [-0.2, 0) is 6.54 Å². The topological polar surface area (TPSA) is 49.8 Å². The molecule has 0 aromatic carbocycles. The Labute approximate surface area is 156 Å². The summed E-state index contributed by atoms with van der Waals surface area (Å²) in [6, 6.07) is 3.94. The first-order chi connectivity index (χ1) is 10.6. The summed E-state index contributed by atoms with van der Waals surface area (Å²) in [4.78, 5) is 10.9. The number of halogens is 1. The van der Waals surface area contributed by atoms with E-state index in [1.807, 2.05) is 19.2 Å².